The minimum atomic E-state index is 0.355. The Hall–Kier alpha value is 0.140. The molecule has 1 aromatic rings. The molecule has 0 aliphatic heterocycles. The summed E-state index contributed by atoms with van der Waals surface area (Å²) in [5.74, 6) is 0. The zero-order chi connectivity index (χ0) is 10.0. The van der Waals surface area contributed by atoms with Crippen molar-refractivity contribution in [2.45, 2.75) is 0 Å². The van der Waals surface area contributed by atoms with Crippen LogP contribution < -0.4 is 0 Å². The Morgan fingerprint density at radius 1 is 1.31 bits per heavy atom. The second-order valence-electron chi connectivity index (χ2n) is 2.02. The fourth-order valence-corrected chi connectivity index (χ4v) is 2.12. The van der Waals surface area contributed by atoms with Gasteiger partial charge in [-0.25, -0.2) is 4.79 Å². The van der Waals surface area contributed by atoms with Crippen LogP contribution in [0.3, 0.4) is 0 Å². The van der Waals surface area contributed by atoms with Gasteiger partial charge in [0.2, 0.25) is 6.08 Å². The molecule has 2 nitrogen and oxygen atoms in total. The van der Waals surface area contributed by atoms with Gasteiger partial charge in [0.15, 0.2) is 0 Å². The maximum absolute atomic E-state index is 10.0. The maximum atomic E-state index is 10.0. The fraction of sp³-hybridized carbons (Fsp3) is 0. The molecule has 0 N–H and O–H groups in total. The minimum Gasteiger partial charge on any atom is -0.211 e. The van der Waals surface area contributed by atoms with Gasteiger partial charge in [0, 0.05) is 0 Å². The van der Waals surface area contributed by atoms with Crippen LogP contribution in [-0.4, -0.2) is 6.08 Å². The smallest absolute Gasteiger partial charge is 0.211 e. The van der Waals surface area contributed by atoms with Gasteiger partial charge in [0.25, 0.3) is 0 Å². The van der Waals surface area contributed by atoms with Crippen molar-refractivity contribution in [2.24, 2.45) is 4.99 Å². The summed E-state index contributed by atoms with van der Waals surface area (Å²) >= 11 is 18.0. The monoisotopic (exact) mass is 343 g/mol. The number of nitrogens with zero attached hydrogens (tertiary/aromatic N) is 1. The highest BCUT2D eigenvalue weighted by Gasteiger charge is 2.11. The van der Waals surface area contributed by atoms with Crippen molar-refractivity contribution in [3.63, 3.8) is 0 Å². The van der Waals surface area contributed by atoms with Gasteiger partial charge in [-0.2, -0.15) is 4.99 Å². The first kappa shape index (κ1) is 11.2. The van der Waals surface area contributed by atoms with E-state index in [9.17, 15) is 4.79 Å². The normalized spacial score (nSPS) is 9.54. The lowest BCUT2D eigenvalue weighted by molar-refractivity contribution is 0.565. The first-order valence-corrected chi connectivity index (χ1v) is 5.33. The van der Waals surface area contributed by atoms with E-state index in [2.05, 4.69) is 36.9 Å². The van der Waals surface area contributed by atoms with E-state index in [1.807, 2.05) is 0 Å². The standard InChI is InChI=1S/C7HBr2Cl2NO/c8-5-3(10)1-4(12-2-13)6(9)7(5)11/h1H. The summed E-state index contributed by atoms with van der Waals surface area (Å²) in [6.07, 6.45) is 1.41. The summed E-state index contributed by atoms with van der Waals surface area (Å²) in [5.41, 5.74) is 0.355. The van der Waals surface area contributed by atoms with Crippen LogP contribution in [0.1, 0.15) is 0 Å². The van der Waals surface area contributed by atoms with Crippen LogP contribution in [-0.2, 0) is 4.79 Å². The molecule has 1 rings (SSSR count). The summed E-state index contributed by atoms with van der Waals surface area (Å²) in [7, 11) is 0. The second-order valence-corrected chi connectivity index (χ2v) is 4.39. The summed E-state index contributed by atoms with van der Waals surface area (Å²) in [6, 6.07) is 1.51. The van der Waals surface area contributed by atoms with E-state index in [0.29, 0.717) is 24.7 Å². The largest absolute Gasteiger partial charge is 0.240 e. The quantitative estimate of drug-likeness (QED) is 0.319. The van der Waals surface area contributed by atoms with Gasteiger partial charge in [-0.15, -0.1) is 0 Å². The molecule has 0 saturated carbocycles. The number of carbonyl (C=O) groups excluding carboxylic acids is 1. The molecular formula is C7HBr2Cl2NO. The number of isocyanates is 1. The molecule has 6 heteroatoms. The third-order valence-corrected chi connectivity index (χ3v) is 4.24. The lowest BCUT2D eigenvalue weighted by Gasteiger charge is -2.03. The molecule has 0 bridgehead atoms. The molecule has 0 heterocycles. The molecule has 0 atom stereocenters. The summed E-state index contributed by atoms with van der Waals surface area (Å²) in [5, 5.41) is 0.767. The molecule has 0 fully saturated rings. The van der Waals surface area contributed by atoms with Gasteiger partial charge in [0.05, 0.1) is 24.7 Å². The van der Waals surface area contributed by atoms with Crippen molar-refractivity contribution >= 4 is 66.8 Å². The minimum absolute atomic E-state index is 0.355. The van der Waals surface area contributed by atoms with Crippen LogP contribution in [0.25, 0.3) is 0 Å². The predicted octanol–water partition coefficient (Wildman–Crippen LogP) is 4.49. The Kier molecular flexibility index (Phi) is 3.95. The lowest BCUT2D eigenvalue weighted by Crippen LogP contribution is -1.76. The number of benzene rings is 1. The molecule has 1 aromatic carbocycles. The van der Waals surface area contributed by atoms with Gasteiger partial charge in [-0.3, -0.25) is 0 Å². The zero-order valence-electron chi connectivity index (χ0n) is 5.94. The molecule has 0 aliphatic carbocycles. The van der Waals surface area contributed by atoms with E-state index in [1.54, 1.807) is 0 Å². The van der Waals surface area contributed by atoms with Crippen molar-refractivity contribution in [3.8, 4) is 0 Å². The van der Waals surface area contributed by atoms with E-state index < -0.39 is 0 Å². The number of aliphatic imine (C=N–C) groups is 1. The molecule has 0 amide bonds. The van der Waals surface area contributed by atoms with Crippen LogP contribution in [0, 0.1) is 0 Å². The van der Waals surface area contributed by atoms with Crippen LogP contribution >= 0.6 is 55.1 Å². The van der Waals surface area contributed by atoms with Crippen molar-refractivity contribution in [1.29, 1.82) is 0 Å². The average Bonchev–Trinajstić information content (AvgIpc) is 2.11. The van der Waals surface area contributed by atoms with Gasteiger partial charge in [-0.1, -0.05) is 23.2 Å². The van der Waals surface area contributed by atoms with E-state index in [-0.39, 0.29) is 0 Å². The highest BCUT2D eigenvalue weighted by Crippen LogP contribution is 2.41. The third kappa shape index (κ3) is 2.33. The summed E-state index contributed by atoms with van der Waals surface area (Å²) in [4.78, 5) is 13.5. The maximum Gasteiger partial charge on any atom is 0.240 e. The fourth-order valence-electron chi connectivity index (χ4n) is 0.691. The molecule has 0 saturated heterocycles. The number of halogens is 4. The average molecular weight is 346 g/mol. The van der Waals surface area contributed by atoms with Crippen molar-refractivity contribution in [2.75, 3.05) is 0 Å². The van der Waals surface area contributed by atoms with E-state index in [4.69, 9.17) is 23.2 Å². The third-order valence-electron chi connectivity index (χ3n) is 1.25. The summed E-state index contributed by atoms with van der Waals surface area (Å²) in [6.45, 7) is 0. The van der Waals surface area contributed by atoms with E-state index in [1.165, 1.54) is 12.1 Å². The molecule has 0 radical (unpaired) electrons. The van der Waals surface area contributed by atoms with Crippen LogP contribution in [0.4, 0.5) is 5.69 Å². The second kappa shape index (κ2) is 4.58. The number of rotatable bonds is 1. The molecule has 0 aliphatic rings. The first-order valence-electron chi connectivity index (χ1n) is 2.98. The Balaban J connectivity index is 3.49. The van der Waals surface area contributed by atoms with Gasteiger partial charge in [0.1, 0.15) is 0 Å². The molecular weight excluding hydrogens is 345 g/mol. The SMILES string of the molecule is O=C=Nc1cc(Cl)c(Br)c(Cl)c1Br. The van der Waals surface area contributed by atoms with Crippen molar-refractivity contribution in [3.05, 3.63) is 25.1 Å². The molecule has 0 spiro atoms. The van der Waals surface area contributed by atoms with E-state index in [0.717, 1.165) is 0 Å². The molecule has 0 unspecified atom stereocenters. The van der Waals surface area contributed by atoms with Gasteiger partial charge < -0.3 is 0 Å². The lowest BCUT2D eigenvalue weighted by atomic mass is 10.3. The van der Waals surface area contributed by atoms with E-state index >= 15 is 0 Å². The van der Waals surface area contributed by atoms with Crippen LogP contribution in [0.15, 0.2) is 20.0 Å². The van der Waals surface area contributed by atoms with Crippen molar-refractivity contribution < 1.29 is 4.79 Å². The molecule has 0 aromatic heterocycles. The van der Waals surface area contributed by atoms with Gasteiger partial charge in [-0.05, 0) is 37.9 Å². The highest BCUT2D eigenvalue weighted by atomic mass is 79.9. The predicted molar refractivity (Wildman–Crippen MR) is 59.6 cm³/mol. The van der Waals surface area contributed by atoms with Crippen molar-refractivity contribution in [1.82, 2.24) is 0 Å². The Morgan fingerprint density at radius 3 is 2.46 bits per heavy atom. The Bertz CT molecular complexity index is 402. The Labute approximate surface area is 101 Å². The topological polar surface area (TPSA) is 29.4 Å². The van der Waals surface area contributed by atoms with Gasteiger partial charge >= 0.3 is 0 Å². The zero-order valence-corrected chi connectivity index (χ0v) is 10.6. The van der Waals surface area contributed by atoms with Crippen LogP contribution in [0.2, 0.25) is 10.0 Å². The highest BCUT2D eigenvalue weighted by molar-refractivity contribution is 9.11. The van der Waals surface area contributed by atoms with Crippen LogP contribution in [0.5, 0.6) is 0 Å². The molecule has 68 valence electrons. The number of hydrogen-bond acceptors (Lipinski definition) is 2. The molecule has 13 heavy (non-hydrogen) atoms. The summed E-state index contributed by atoms with van der Waals surface area (Å²) < 4.78 is 1.07. The Morgan fingerprint density at radius 2 is 1.92 bits per heavy atom. The first-order chi connectivity index (χ1) is 6.07. The number of hydrogen-bond donors (Lipinski definition) is 0.